The second-order valence-electron chi connectivity index (χ2n) is 3.24. The minimum absolute atomic E-state index is 0.0127. The molecule has 1 rings (SSSR count). The van der Waals surface area contributed by atoms with Gasteiger partial charge in [-0.3, -0.25) is 16.0 Å². The summed E-state index contributed by atoms with van der Waals surface area (Å²) in [5, 5.41) is 4.81. The molecule has 0 aliphatic rings. The summed E-state index contributed by atoms with van der Waals surface area (Å²) in [6, 6.07) is 0.0127. The molecule has 0 saturated heterocycles. The Kier molecular flexibility index (Phi) is 5.39. The molecule has 6 heteroatoms. The molecule has 0 aliphatic carbocycles. The molecular formula is C9H16Cl2N4. The lowest BCUT2D eigenvalue weighted by molar-refractivity contribution is 0.463. The normalized spacial score (nSPS) is 13.1. The van der Waals surface area contributed by atoms with E-state index in [1.807, 2.05) is 11.6 Å². The van der Waals surface area contributed by atoms with Gasteiger partial charge in [-0.15, -0.1) is 11.6 Å². The molecule has 0 amide bonds. The third-order valence-corrected chi connectivity index (χ3v) is 2.85. The number of aromatic nitrogens is 2. The number of rotatable bonds is 6. The highest BCUT2D eigenvalue weighted by molar-refractivity contribution is 6.31. The maximum atomic E-state index is 6.06. The molecule has 0 saturated carbocycles. The van der Waals surface area contributed by atoms with Crippen molar-refractivity contribution in [1.82, 2.24) is 15.2 Å². The summed E-state index contributed by atoms with van der Waals surface area (Å²) in [7, 11) is 0. The van der Waals surface area contributed by atoms with Crippen LogP contribution in [-0.4, -0.2) is 15.7 Å². The average Bonchev–Trinajstić information content (AvgIpc) is 2.62. The van der Waals surface area contributed by atoms with Crippen molar-refractivity contribution in [2.75, 3.05) is 5.88 Å². The van der Waals surface area contributed by atoms with Crippen LogP contribution in [0.15, 0.2) is 6.20 Å². The predicted octanol–water partition coefficient (Wildman–Crippen LogP) is 2.08. The van der Waals surface area contributed by atoms with Gasteiger partial charge in [0.2, 0.25) is 0 Å². The van der Waals surface area contributed by atoms with Crippen LogP contribution in [-0.2, 0) is 6.54 Å². The topological polar surface area (TPSA) is 55.9 Å². The van der Waals surface area contributed by atoms with E-state index in [0.29, 0.717) is 10.9 Å². The summed E-state index contributed by atoms with van der Waals surface area (Å²) < 4.78 is 1.85. The van der Waals surface area contributed by atoms with E-state index in [4.69, 9.17) is 29.0 Å². The first kappa shape index (κ1) is 12.8. The van der Waals surface area contributed by atoms with E-state index >= 15 is 0 Å². The van der Waals surface area contributed by atoms with Gasteiger partial charge in [0.25, 0.3) is 0 Å². The zero-order valence-corrected chi connectivity index (χ0v) is 10.2. The van der Waals surface area contributed by atoms with Gasteiger partial charge in [-0.1, -0.05) is 11.6 Å². The van der Waals surface area contributed by atoms with Crippen LogP contribution in [0.4, 0.5) is 0 Å². The van der Waals surface area contributed by atoms with E-state index in [9.17, 15) is 0 Å². The minimum atomic E-state index is 0.0127. The second kappa shape index (κ2) is 6.33. The molecule has 4 nitrogen and oxygen atoms in total. The average molecular weight is 251 g/mol. The summed E-state index contributed by atoms with van der Waals surface area (Å²) in [4.78, 5) is 0. The van der Waals surface area contributed by atoms with Gasteiger partial charge < -0.3 is 0 Å². The fourth-order valence-corrected chi connectivity index (χ4v) is 1.98. The lowest BCUT2D eigenvalue weighted by atomic mass is 10.1. The molecule has 1 heterocycles. The Morgan fingerprint density at radius 3 is 2.93 bits per heavy atom. The molecular weight excluding hydrogens is 235 g/mol. The second-order valence-corrected chi connectivity index (χ2v) is 4.03. The first-order valence-electron chi connectivity index (χ1n) is 4.97. The fourth-order valence-electron chi connectivity index (χ4n) is 1.55. The van der Waals surface area contributed by atoms with Crippen LogP contribution in [0, 0.1) is 0 Å². The van der Waals surface area contributed by atoms with E-state index in [2.05, 4.69) is 10.5 Å². The Morgan fingerprint density at radius 2 is 2.40 bits per heavy atom. The van der Waals surface area contributed by atoms with E-state index in [1.165, 1.54) is 0 Å². The van der Waals surface area contributed by atoms with Crippen molar-refractivity contribution in [1.29, 1.82) is 0 Å². The highest BCUT2D eigenvalue weighted by Crippen LogP contribution is 2.25. The van der Waals surface area contributed by atoms with E-state index in [1.54, 1.807) is 6.20 Å². The van der Waals surface area contributed by atoms with Gasteiger partial charge in [0, 0.05) is 12.4 Å². The Balaban J connectivity index is 2.84. The lowest BCUT2D eigenvalue weighted by Crippen LogP contribution is -2.30. The molecule has 0 aliphatic heterocycles. The van der Waals surface area contributed by atoms with Gasteiger partial charge in [0.1, 0.15) is 0 Å². The first-order valence-corrected chi connectivity index (χ1v) is 5.89. The van der Waals surface area contributed by atoms with E-state index < -0.39 is 0 Å². The number of nitrogens with one attached hydrogen (secondary N) is 1. The van der Waals surface area contributed by atoms with Gasteiger partial charge >= 0.3 is 0 Å². The number of halogens is 2. The Hall–Kier alpha value is -0.290. The SMILES string of the molecule is CCn1ncc(Cl)c1C(CCCCl)NN. The largest absolute Gasteiger partial charge is 0.271 e. The summed E-state index contributed by atoms with van der Waals surface area (Å²) in [6.45, 7) is 2.79. The third-order valence-electron chi connectivity index (χ3n) is 2.29. The lowest BCUT2D eigenvalue weighted by Gasteiger charge is -2.17. The minimum Gasteiger partial charge on any atom is -0.271 e. The molecule has 1 aromatic heterocycles. The molecule has 0 radical (unpaired) electrons. The zero-order valence-electron chi connectivity index (χ0n) is 8.71. The first-order chi connectivity index (χ1) is 7.24. The summed E-state index contributed by atoms with van der Waals surface area (Å²) >= 11 is 11.7. The quantitative estimate of drug-likeness (QED) is 0.462. The number of nitrogens with two attached hydrogens (primary N) is 1. The molecule has 15 heavy (non-hydrogen) atoms. The van der Waals surface area contributed by atoms with Crippen LogP contribution in [0.1, 0.15) is 31.5 Å². The number of hydrogen-bond acceptors (Lipinski definition) is 3. The smallest absolute Gasteiger partial charge is 0.0834 e. The molecule has 0 fully saturated rings. The van der Waals surface area contributed by atoms with Crippen LogP contribution in [0.3, 0.4) is 0 Å². The van der Waals surface area contributed by atoms with Gasteiger partial charge in [-0.2, -0.15) is 5.10 Å². The maximum absolute atomic E-state index is 6.06. The Bertz CT molecular complexity index is 300. The van der Waals surface area contributed by atoms with Crippen molar-refractivity contribution in [2.45, 2.75) is 32.4 Å². The molecule has 86 valence electrons. The zero-order chi connectivity index (χ0) is 11.3. The molecule has 3 N–H and O–H groups in total. The van der Waals surface area contributed by atoms with E-state index in [-0.39, 0.29) is 6.04 Å². The Morgan fingerprint density at radius 1 is 1.67 bits per heavy atom. The van der Waals surface area contributed by atoms with Crippen molar-refractivity contribution >= 4 is 23.2 Å². The standard InChI is InChI=1S/C9H16Cl2N4/c1-2-15-9(7(11)6-13-15)8(14-12)4-3-5-10/h6,8,14H,2-5,12H2,1H3. The van der Waals surface area contributed by atoms with Crippen LogP contribution < -0.4 is 11.3 Å². The van der Waals surface area contributed by atoms with E-state index in [0.717, 1.165) is 25.1 Å². The molecule has 0 aromatic carbocycles. The fraction of sp³-hybridized carbons (Fsp3) is 0.667. The molecule has 0 bridgehead atoms. The molecule has 1 unspecified atom stereocenters. The van der Waals surface area contributed by atoms with Crippen LogP contribution >= 0.6 is 23.2 Å². The number of alkyl halides is 1. The van der Waals surface area contributed by atoms with Crippen LogP contribution in [0.5, 0.6) is 0 Å². The number of aryl methyl sites for hydroxylation is 1. The van der Waals surface area contributed by atoms with Crippen molar-refractivity contribution < 1.29 is 0 Å². The number of hydrazine groups is 1. The number of hydrogen-bond donors (Lipinski definition) is 2. The number of nitrogens with zero attached hydrogens (tertiary/aromatic N) is 2. The molecule has 1 aromatic rings. The van der Waals surface area contributed by atoms with Crippen LogP contribution in [0.25, 0.3) is 0 Å². The summed E-state index contributed by atoms with van der Waals surface area (Å²) in [5.41, 5.74) is 3.69. The van der Waals surface area contributed by atoms with Crippen molar-refractivity contribution in [3.8, 4) is 0 Å². The predicted molar refractivity (Wildman–Crippen MR) is 62.9 cm³/mol. The summed E-state index contributed by atoms with van der Waals surface area (Å²) in [6.07, 6.45) is 3.39. The highest BCUT2D eigenvalue weighted by atomic mass is 35.5. The highest BCUT2D eigenvalue weighted by Gasteiger charge is 2.18. The van der Waals surface area contributed by atoms with Gasteiger partial charge in [0.05, 0.1) is 23.0 Å². The van der Waals surface area contributed by atoms with Crippen molar-refractivity contribution in [3.63, 3.8) is 0 Å². The van der Waals surface area contributed by atoms with Gasteiger partial charge in [0.15, 0.2) is 0 Å². The van der Waals surface area contributed by atoms with Gasteiger partial charge in [-0.05, 0) is 19.8 Å². The van der Waals surface area contributed by atoms with Crippen molar-refractivity contribution in [2.24, 2.45) is 5.84 Å². The third kappa shape index (κ3) is 3.08. The van der Waals surface area contributed by atoms with Gasteiger partial charge in [-0.25, -0.2) is 0 Å². The maximum Gasteiger partial charge on any atom is 0.0834 e. The Labute approximate surface area is 99.7 Å². The van der Waals surface area contributed by atoms with Crippen LogP contribution in [0.2, 0.25) is 5.02 Å². The van der Waals surface area contributed by atoms with Crippen molar-refractivity contribution in [3.05, 3.63) is 16.9 Å². The summed E-state index contributed by atoms with van der Waals surface area (Å²) in [5.74, 6) is 6.13. The molecule has 1 atom stereocenters. The monoisotopic (exact) mass is 250 g/mol. The molecule has 0 spiro atoms.